The fraction of sp³-hybridized carbons (Fsp3) is 0.333. The van der Waals surface area contributed by atoms with Crippen molar-refractivity contribution in [1.82, 2.24) is 14.8 Å². The van der Waals surface area contributed by atoms with Gasteiger partial charge in [-0.1, -0.05) is 6.92 Å². The fourth-order valence-electron chi connectivity index (χ4n) is 1.18. The summed E-state index contributed by atoms with van der Waals surface area (Å²) in [6.45, 7) is 1.99. The molecular formula is C9H11N3O. The molecule has 2 rings (SSSR count). The molecule has 2 heterocycles. The minimum atomic E-state index is 0.587. The summed E-state index contributed by atoms with van der Waals surface area (Å²) in [5, 5.41) is 7.85. The Morgan fingerprint density at radius 1 is 1.46 bits per heavy atom. The van der Waals surface area contributed by atoms with Crippen LogP contribution in [-0.2, 0) is 13.5 Å². The van der Waals surface area contributed by atoms with E-state index >= 15 is 0 Å². The third-order valence-corrected chi connectivity index (χ3v) is 1.93. The van der Waals surface area contributed by atoms with E-state index in [-0.39, 0.29) is 0 Å². The summed E-state index contributed by atoms with van der Waals surface area (Å²) in [6.07, 6.45) is 2.72. The van der Waals surface area contributed by atoms with Crippen LogP contribution in [0.15, 0.2) is 22.7 Å². The van der Waals surface area contributed by atoms with Crippen molar-refractivity contribution in [2.75, 3.05) is 0 Å². The lowest BCUT2D eigenvalue weighted by atomic mass is 10.4. The van der Waals surface area contributed by atoms with E-state index in [1.807, 2.05) is 36.9 Å². The molecule has 0 saturated carbocycles. The van der Waals surface area contributed by atoms with Gasteiger partial charge >= 0.3 is 0 Å². The summed E-state index contributed by atoms with van der Waals surface area (Å²) < 4.78 is 7.37. The van der Waals surface area contributed by atoms with Crippen LogP contribution in [0.5, 0.6) is 0 Å². The van der Waals surface area contributed by atoms with E-state index in [1.54, 1.807) is 0 Å². The maximum atomic E-state index is 5.41. The Bertz CT molecular complexity index is 402. The number of aryl methyl sites for hydroxylation is 2. The third kappa shape index (κ3) is 1.35. The first-order chi connectivity index (χ1) is 6.31. The van der Waals surface area contributed by atoms with E-state index in [0.717, 1.165) is 12.1 Å². The molecule has 0 spiro atoms. The molecule has 2 aromatic heterocycles. The molecule has 0 saturated heterocycles. The molecule has 13 heavy (non-hydrogen) atoms. The van der Waals surface area contributed by atoms with Crippen LogP contribution in [0.1, 0.15) is 12.8 Å². The summed E-state index contributed by atoms with van der Waals surface area (Å²) in [7, 11) is 1.95. The van der Waals surface area contributed by atoms with Gasteiger partial charge in [-0.05, 0) is 12.1 Å². The normalized spacial score (nSPS) is 10.6. The lowest BCUT2D eigenvalue weighted by molar-refractivity contribution is 0.509. The molecular weight excluding hydrogens is 166 g/mol. The van der Waals surface area contributed by atoms with E-state index in [4.69, 9.17) is 4.42 Å². The molecule has 0 aliphatic carbocycles. The molecule has 0 bridgehead atoms. The van der Waals surface area contributed by atoms with E-state index < -0.39 is 0 Å². The van der Waals surface area contributed by atoms with Crippen LogP contribution in [0, 0.1) is 0 Å². The van der Waals surface area contributed by atoms with Gasteiger partial charge in [0.15, 0.2) is 0 Å². The molecule has 0 fully saturated rings. The van der Waals surface area contributed by atoms with Crippen molar-refractivity contribution in [3.05, 3.63) is 24.2 Å². The quantitative estimate of drug-likeness (QED) is 0.700. The maximum absolute atomic E-state index is 5.41. The van der Waals surface area contributed by atoms with E-state index in [2.05, 4.69) is 10.2 Å². The zero-order chi connectivity index (χ0) is 9.26. The highest BCUT2D eigenvalue weighted by Crippen LogP contribution is 2.17. The van der Waals surface area contributed by atoms with Gasteiger partial charge in [-0.15, -0.1) is 10.2 Å². The van der Waals surface area contributed by atoms with Gasteiger partial charge in [0.2, 0.25) is 5.89 Å². The van der Waals surface area contributed by atoms with E-state index in [9.17, 15) is 0 Å². The molecule has 0 atom stereocenters. The minimum absolute atomic E-state index is 0.587. The maximum Gasteiger partial charge on any atom is 0.264 e. The Labute approximate surface area is 76.2 Å². The van der Waals surface area contributed by atoms with Crippen molar-refractivity contribution >= 4 is 0 Å². The Kier molecular flexibility index (Phi) is 1.88. The van der Waals surface area contributed by atoms with Crippen LogP contribution in [0.25, 0.3) is 11.6 Å². The number of hydrogen-bond acceptors (Lipinski definition) is 3. The molecule has 0 radical (unpaired) electrons. The van der Waals surface area contributed by atoms with Crippen molar-refractivity contribution in [2.45, 2.75) is 13.3 Å². The monoisotopic (exact) mass is 177 g/mol. The summed E-state index contributed by atoms with van der Waals surface area (Å²) in [5.41, 5.74) is 0.951. The number of hydrogen-bond donors (Lipinski definition) is 0. The zero-order valence-electron chi connectivity index (χ0n) is 7.69. The highest BCUT2D eigenvalue weighted by molar-refractivity contribution is 5.47. The van der Waals surface area contributed by atoms with Crippen LogP contribution < -0.4 is 0 Å². The van der Waals surface area contributed by atoms with Crippen molar-refractivity contribution in [1.29, 1.82) is 0 Å². The van der Waals surface area contributed by atoms with Crippen molar-refractivity contribution < 1.29 is 4.42 Å². The van der Waals surface area contributed by atoms with Crippen molar-refractivity contribution in [3.8, 4) is 11.6 Å². The Morgan fingerprint density at radius 3 is 2.85 bits per heavy atom. The van der Waals surface area contributed by atoms with Gasteiger partial charge in [0, 0.05) is 19.7 Å². The summed E-state index contributed by atoms with van der Waals surface area (Å²) in [6, 6.07) is 3.90. The fourth-order valence-corrected chi connectivity index (χ4v) is 1.18. The first-order valence-corrected chi connectivity index (χ1v) is 4.25. The lowest BCUT2D eigenvalue weighted by Crippen LogP contribution is -1.88. The van der Waals surface area contributed by atoms with Gasteiger partial charge in [0.05, 0.1) is 0 Å². The standard InChI is InChI=1S/C9H11N3O/c1-3-8-10-11-9(13-8)7-5-4-6-12(7)2/h4-6H,3H2,1-2H3. The van der Waals surface area contributed by atoms with Gasteiger partial charge in [0.25, 0.3) is 5.89 Å². The zero-order valence-corrected chi connectivity index (χ0v) is 7.69. The summed E-state index contributed by atoms with van der Waals surface area (Å²) >= 11 is 0. The smallest absolute Gasteiger partial charge is 0.264 e. The van der Waals surface area contributed by atoms with Crippen molar-refractivity contribution in [3.63, 3.8) is 0 Å². The van der Waals surface area contributed by atoms with E-state index in [0.29, 0.717) is 11.8 Å². The van der Waals surface area contributed by atoms with Crippen LogP contribution >= 0.6 is 0 Å². The first kappa shape index (κ1) is 8.04. The molecule has 4 heteroatoms. The predicted octanol–water partition coefficient (Wildman–Crippen LogP) is 1.64. The largest absolute Gasteiger partial charge is 0.419 e. The second-order valence-electron chi connectivity index (χ2n) is 2.86. The molecule has 0 N–H and O–H groups in total. The molecule has 0 unspecified atom stereocenters. The molecule has 4 nitrogen and oxygen atoms in total. The molecule has 68 valence electrons. The van der Waals surface area contributed by atoms with Crippen molar-refractivity contribution in [2.24, 2.45) is 7.05 Å². The molecule has 0 aliphatic heterocycles. The van der Waals surface area contributed by atoms with Gasteiger partial charge in [-0.25, -0.2) is 0 Å². The lowest BCUT2D eigenvalue weighted by Gasteiger charge is -1.95. The van der Waals surface area contributed by atoms with Crippen LogP contribution in [0.2, 0.25) is 0 Å². The topological polar surface area (TPSA) is 43.9 Å². The second-order valence-corrected chi connectivity index (χ2v) is 2.86. The van der Waals surface area contributed by atoms with Crippen LogP contribution in [0.4, 0.5) is 0 Å². The second kappa shape index (κ2) is 3.05. The van der Waals surface area contributed by atoms with Gasteiger partial charge < -0.3 is 8.98 Å². The average Bonchev–Trinajstić information content (AvgIpc) is 2.71. The Hall–Kier alpha value is -1.58. The number of rotatable bonds is 2. The Morgan fingerprint density at radius 2 is 2.31 bits per heavy atom. The van der Waals surface area contributed by atoms with Gasteiger partial charge in [-0.3, -0.25) is 0 Å². The minimum Gasteiger partial charge on any atom is -0.419 e. The third-order valence-electron chi connectivity index (χ3n) is 1.93. The highest BCUT2D eigenvalue weighted by atomic mass is 16.4. The van der Waals surface area contributed by atoms with Gasteiger partial charge in [-0.2, -0.15) is 0 Å². The molecule has 0 aliphatic rings. The van der Waals surface area contributed by atoms with Gasteiger partial charge in [0.1, 0.15) is 5.69 Å². The number of nitrogens with zero attached hydrogens (tertiary/aromatic N) is 3. The highest BCUT2D eigenvalue weighted by Gasteiger charge is 2.08. The molecule has 2 aromatic rings. The SMILES string of the molecule is CCc1nnc(-c2cccn2C)o1. The summed E-state index contributed by atoms with van der Waals surface area (Å²) in [4.78, 5) is 0. The number of aromatic nitrogens is 3. The molecule has 0 aromatic carbocycles. The van der Waals surface area contributed by atoms with Crippen LogP contribution in [-0.4, -0.2) is 14.8 Å². The van der Waals surface area contributed by atoms with E-state index in [1.165, 1.54) is 0 Å². The summed E-state index contributed by atoms with van der Waals surface area (Å²) in [5.74, 6) is 1.26. The predicted molar refractivity (Wildman–Crippen MR) is 48.1 cm³/mol. The van der Waals surface area contributed by atoms with Crippen LogP contribution in [0.3, 0.4) is 0 Å². The average molecular weight is 177 g/mol. The molecule has 0 amide bonds. The first-order valence-electron chi connectivity index (χ1n) is 4.25. The Balaban J connectivity index is 2.41.